The summed E-state index contributed by atoms with van der Waals surface area (Å²) in [7, 11) is 0. The van der Waals surface area contributed by atoms with Crippen molar-refractivity contribution in [2.75, 3.05) is 0 Å². The SMILES string of the molecule is CC(=O)OC(C)=O.[BaH2].[NaH]. The molecule has 0 aliphatic carbocycles. The first-order valence-corrected chi connectivity index (χ1v) is 1.82. The Balaban J connectivity index is -0.000000180. The van der Waals surface area contributed by atoms with Crippen molar-refractivity contribution in [3.63, 3.8) is 0 Å². The standard InChI is InChI=1S/C4H6O3.Ba.Na.3H/c1-3(5)7-4(2)6;;;;;/h1-2H3;;;;;. The van der Waals surface area contributed by atoms with Gasteiger partial charge in [-0.05, 0) is 0 Å². The first-order chi connectivity index (χ1) is 3.13. The van der Waals surface area contributed by atoms with Crippen molar-refractivity contribution in [3.8, 4) is 0 Å². The molecule has 0 aromatic carbocycles. The fourth-order valence-corrected chi connectivity index (χ4v) is 0.202. The molecule has 0 fully saturated rings. The van der Waals surface area contributed by atoms with Crippen LogP contribution < -0.4 is 0 Å². The van der Waals surface area contributed by atoms with Gasteiger partial charge in [-0.2, -0.15) is 0 Å². The van der Waals surface area contributed by atoms with E-state index in [1.165, 1.54) is 13.8 Å². The van der Waals surface area contributed by atoms with Crippen LogP contribution >= 0.6 is 0 Å². The van der Waals surface area contributed by atoms with Gasteiger partial charge in [0.1, 0.15) is 0 Å². The molecular weight excluding hydrogens is 256 g/mol. The molecule has 0 aliphatic heterocycles. The van der Waals surface area contributed by atoms with Crippen LogP contribution in [0.15, 0.2) is 0 Å². The average molecular weight is 265 g/mol. The minimum absolute atomic E-state index is 0. The monoisotopic (exact) mass is 266 g/mol. The summed E-state index contributed by atoms with van der Waals surface area (Å²) >= 11 is 0. The molecule has 0 atom stereocenters. The summed E-state index contributed by atoms with van der Waals surface area (Å²) in [5.74, 6) is -1.12. The Morgan fingerprint density at radius 2 is 1.33 bits per heavy atom. The number of carbonyl (C=O) groups is 2. The van der Waals surface area contributed by atoms with Gasteiger partial charge in [0, 0.05) is 13.8 Å². The first kappa shape index (κ1) is 17.0. The molecule has 3 nitrogen and oxygen atoms in total. The van der Waals surface area contributed by atoms with Crippen molar-refractivity contribution in [1.29, 1.82) is 0 Å². The van der Waals surface area contributed by atoms with Crippen LogP contribution in [0.25, 0.3) is 0 Å². The van der Waals surface area contributed by atoms with Crippen LogP contribution in [0.1, 0.15) is 13.8 Å². The maximum atomic E-state index is 9.81. The Labute approximate surface area is 116 Å². The number of hydrogen-bond acceptors (Lipinski definition) is 3. The molecule has 46 valence electrons. The van der Waals surface area contributed by atoms with Crippen LogP contribution in [0.3, 0.4) is 0 Å². The van der Waals surface area contributed by atoms with Gasteiger partial charge >= 0.3 is 90.4 Å². The second-order valence-electron chi connectivity index (χ2n) is 1.09. The van der Waals surface area contributed by atoms with Gasteiger partial charge in [0.05, 0.1) is 0 Å². The van der Waals surface area contributed by atoms with Gasteiger partial charge in [0.15, 0.2) is 0 Å². The molecule has 0 bridgehead atoms. The number of carbonyl (C=O) groups excluding carboxylic acids is 2. The summed E-state index contributed by atoms with van der Waals surface area (Å²) in [6, 6.07) is 0. The predicted molar refractivity (Wildman–Crippen MR) is 38.1 cm³/mol. The van der Waals surface area contributed by atoms with Gasteiger partial charge in [0.2, 0.25) is 0 Å². The number of rotatable bonds is 0. The molecule has 0 spiro atoms. The predicted octanol–water partition coefficient (Wildman–Crippen LogP) is -1.47. The van der Waals surface area contributed by atoms with Gasteiger partial charge in [0.25, 0.3) is 0 Å². The van der Waals surface area contributed by atoms with Crippen molar-refractivity contribution < 1.29 is 14.3 Å². The second kappa shape index (κ2) is 9.71. The topological polar surface area (TPSA) is 43.4 Å². The van der Waals surface area contributed by atoms with Crippen LogP contribution in [0.4, 0.5) is 0 Å². The van der Waals surface area contributed by atoms with E-state index in [0.29, 0.717) is 0 Å². The zero-order valence-corrected chi connectivity index (χ0v) is 4.22. The van der Waals surface area contributed by atoms with Crippen molar-refractivity contribution in [1.82, 2.24) is 0 Å². The average Bonchev–Trinajstić information content (AvgIpc) is 1.27. The minimum atomic E-state index is -0.562. The van der Waals surface area contributed by atoms with E-state index in [2.05, 4.69) is 4.74 Å². The Kier molecular flexibility index (Phi) is 18.3. The Morgan fingerprint density at radius 3 is 1.33 bits per heavy atom. The van der Waals surface area contributed by atoms with Gasteiger partial charge < -0.3 is 4.74 Å². The van der Waals surface area contributed by atoms with Gasteiger partial charge in [-0.3, -0.25) is 9.59 Å². The maximum absolute atomic E-state index is 9.81. The van der Waals surface area contributed by atoms with Crippen molar-refractivity contribution in [3.05, 3.63) is 0 Å². The fraction of sp³-hybridized carbons (Fsp3) is 0.500. The third-order valence-corrected chi connectivity index (χ3v) is 0.287. The van der Waals surface area contributed by atoms with Crippen LogP contribution in [0.2, 0.25) is 0 Å². The fourth-order valence-electron chi connectivity index (χ4n) is 0.202. The van der Waals surface area contributed by atoms with E-state index >= 15 is 0 Å². The van der Waals surface area contributed by atoms with Crippen LogP contribution in [-0.2, 0) is 14.3 Å². The van der Waals surface area contributed by atoms with E-state index in [0.717, 1.165) is 0 Å². The van der Waals surface area contributed by atoms with Crippen LogP contribution in [0, 0.1) is 0 Å². The van der Waals surface area contributed by atoms with Crippen LogP contribution in [0.5, 0.6) is 0 Å². The molecule has 0 N–H and O–H groups in total. The molecule has 0 saturated carbocycles. The zero-order valence-electron chi connectivity index (χ0n) is 4.22. The molecule has 5 heteroatoms. The van der Waals surface area contributed by atoms with Crippen LogP contribution in [-0.4, -0.2) is 90.4 Å². The van der Waals surface area contributed by atoms with Gasteiger partial charge in [-0.1, -0.05) is 0 Å². The Bertz CT molecular complexity index is 92.0. The molecule has 0 aromatic heterocycles. The first-order valence-electron chi connectivity index (χ1n) is 1.82. The van der Waals surface area contributed by atoms with E-state index in [-0.39, 0.29) is 78.4 Å². The molecule has 0 saturated heterocycles. The van der Waals surface area contributed by atoms with E-state index in [1.807, 2.05) is 0 Å². The molecule has 9 heavy (non-hydrogen) atoms. The van der Waals surface area contributed by atoms with E-state index in [9.17, 15) is 9.59 Å². The normalized spacial score (nSPS) is 6.00. The Hall–Kier alpha value is 1.71. The second-order valence-corrected chi connectivity index (χ2v) is 1.09. The number of ether oxygens (including phenoxy) is 1. The summed E-state index contributed by atoms with van der Waals surface area (Å²) in [5, 5.41) is 0. The molecule has 0 unspecified atom stereocenters. The number of esters is 2. The molecule has 0 aliphatic rings. The third-order valence-electron chi connectivity index (χ3n) is 0.287. The molecule has 0 amide bonds. The number of hydrogen-bond donors (Lipinski definition) is 0. The molecule has 0 radical (unpaired) electrons. The van der Waals surface area contributed by atoms with Gasteiger partial charge in [-0.15, -0.1) is 0 Å². The van der Waals surface area contributed by atoms with E-state index in [1.54, 1.807) is 0 Å². The van der Waals surface area contributed by atoms with Crippen molar-refractivity contribution in [2.24, 2.45) is 0 Å². The van der Waals surface area contributed by atoms with E-state index in [4.69, 9.17) is 0 Å². The molecule has 0 rings (SSSR count). The Morgan fingerprint density at radius 1 is 1.11 bits per heavy atom. The zero-order chi connectivity index (χ0) is 5.86. The van der Waals surface area contributed by atoms with E-state index < -0.39 is 11.9 Å². The summed E-state index contributed by atoms with van der Waals surface area (Å²) in [4.78, 5) is 19.6. The molecular formula is C4H9BaNaO3. The summed E-state index contributed by atoms with van der Waals surface area (Å²) in [6.45, 7) is 2.36. The molecule has 0 aromatic rings. The summed E-state index contributed by atoms with van der Waals surface area (Å²) in [6.07, 6.45) is 0. The van der Waals surface area contributed by atoms with Gasteiger partial charge in [-0.25, -0.2) is 0 Å². The summed E-state index contributed by atoms with van der Waals surface area (Å²) < 4.78 is 3.97. The van der Waals surface area contributed by atoms with Crippen molar-refractivity contribution >= 4 is 90.4 Å². The quantitative estimate of drug-likeness (QED) is 0.305. The summed E-state index contributed by atoms with van der Waals surface area (Å²) in [5.41, 5.74) is 0. The third kappa shape index (κ3) is 17.7. The van der Waals surface area contributed by atoms with Crippen molar-refractivity contribution in [2.45, 2.75) is 13.8 Å². The molecule has 0 heterocycles.